The molecule has 2 rings (SSSR count). The number of unbranched alkanes of at least 4 members (excludes halogenated alkanes) is 1. The van der Waals surface area contributed by atoms with Gasteiger partial charge in [-0.15, -0.1) is 0 Å². The molecule has 3 unspecified atom stereocenters. The number of carbonyl (C=O) groups excluding carboxylic acids is 3. The molecule has 1 aromatic rings. The number of carboxylic acid groups (broad SMARTS) is 1. The van der Waals surface area contributed by atoms with E-state index in [2.05, 4.69) is 25.9 Å². The molecule has 7 N–H and O–H groups in total. The molecule has 1 fully saturated rings. The fraction of sp³-hybridized carbons (Fsp3) is 0.588. The van der Waals surface area contributed by atoms with Crippen LogP contribution in [0.4, 0.5) is 0 Å². The number of amides is 3. The van der Waals surface area contributed by atoms with Gasteiger partial charge in [0.15, 0.2) is 0 Å². The van der Waals surface area contributed by atoms with Gasteiger partial charge in [-0.3, -0.25) is 14.4 Å². The van der Waals surface area contributed by atoms with Gasteiger partial charge in [-0.2, -0.15) is 0 Å². The normalized spacial score (nSPS) is 18.2. The van der Waals surface area contributed by atoms with Crippen LogP contribution in [0, 0.1) is 0 Å². The molecular weight excluding hydrogens is 368 g/mol. The van der Waals surface area contributed by atoms with E-state index in [1.807, 2.05) is 0 Å². The molecule has 0 bridgehead atoms. The van der Waals surface area contributed by atoms with Crippen molar-refractivity contribution in [1.29, 1.82) is 0 Å². The number of rotatable bonds is 11. The molecule has 1 saturated heterocycles. The summed E-state index contributed by atoms with van der Waals surface area (Å²) in [5, 5.41) is 17.0. The second-order valence-electron chi connectivity index (χ2n) is 6.68. The molecule has 1 aliphatic rings. The Morgan fingerprint density at radius 1 is 1.29 bits per heavy atom. The van der Waals surface area contributed by atoms with Crippen molar-refractivity contribution in [2.24, 2.45) is 5.73 Å². The second kappa shape index (κ2) is 10.4. The van der Waals surface area contributed by atoms with Crippen molar-refractivity contribution in [2.45, 2.75) is 56.7 Å². The highest BCUT2D eigenvalue weighted by Crippen LogP contribution is 2.08. The van der Waals surface area contributed by atoms with Crippen molar-refractivity contribution in [3.05, 3.63) is 18.2 Å². The van der Waals surface area contributed by atoms with E-state index < -0.39 is 35.9 Å². The molecule has 0 spiro atoms. The lowest BCUT2D eigenvalue weighted by Gasteiger charge is -2.22. The van der Waals surface area contributed by atoms with E-state index in [0.29, 0.717) is 31.5 Å². The van der Waals surface area contributed by atoms with E-state index in [9.17, 15) is 24.3 Å². The van der Waals surface area contributed by atoms with Crippen molar-refractivity contribution in [3.63, 3.8) is 0 Å². The summed E-state index contributed by atoms with van der Waals surface area (Å²) >= 11 is 0. The molecule has 0 aromatic carbocycles. The van der Waals surface area contributed by atoms with Crippen molar-refractivity contribution in [1.82, 2.24) is 25.9 Å². The number of aromatic amines is 1. The molecule has 0 saturated carbocycles. The van der Waals surface area contributed by atoms with Gasteiger partial charge >= 0.3 is 5.97 Å². The van der Waals surface area contributed by atoms with Crippen LogP contribution in [0.5, 0.6) is 0 Å². The number of nitrogens with two attached hydrogens (primary N) is 1. The minimum absolute atomic E-state index is 0.105. The zero-order valence-electron chi connectivity index (χ0n) is 15.4. The number of H-pyrrole nitrogens is 1. The smallest absolute Gasteiger partial charge is 0.326 e. The van der Waals surface area contributed by atoms with Crippen LogP contribution in [0.3, 0.4) is 0 Å². The van der Waals surface area contributed by atoms with Gasteiger partial charge in [-0.1, -0.05) is 0 Å². The third kappa shape index (κ3) is 6.34. The van der Waals surface area contributed by atoms with Gasteiger partial charge in [0.05, 0.1) is 6.33 Å². The highest BCUT2D eigenvalue weighted by atomic mass is 16.4. The molecule has 1 aromatic heterocycles. The molecule has 154 valence electrons. The van der Waals surface area contributed by atoms with E-state index >= 15 is 0 Å². The van der Waals surface area contributed by atoms with Gasteiger partial charge in [0.2, 0.25) is 17.7 Å². The van der Waals surface area contributed by atoms with Gasteiger partial charge in [0.1, 0.15) is 18.1 Å². The van der Waals surface area contributed by atoms with Crippen molar-refractivity contribution < 1.29 is 24.3 Å². The average Bonchev–Trinajstić information content (AvgIpc) is 3.31. The summed E-state index contributed by atoms with van der Waals surface area (Å²) in [7, 11) is 0. The Bertz CT molecular complexity index is 692. The molecule has 28 heavy (non-hydrogen) atoms. The van der Waals surface area contributed by atoms with Gasteiger partial charge in [-0.25, -0.2) is 9.78 Å². The Hall–Kier alpha value is -2.95. The SMILES string of the molecule is NCCCCC(NC(=O)C(Cc1cnc[nH]1)NC(=O)C1CCC(=O)N1)C(=O)O. The number of carboxylic acids is 1. The quantitative estimate of drug-likeness (QED) is 0.245. The third-order valence-corrected chi connectivity index (χ3v) is 4.49. The summed E-state index contributed by atoms with van der Waals surface area (Å²) < 4.78 is 0. The fourth-order valence-corrected chi connectivity index (χ4v) is 2.93. The van der Waals surface area contributed by atoms with E-state index in [1.54, 1.807) is 0 Å². The zero-order valence-corrected chi connectivity index (χ0v) is 15.4. The summed E-state index contributed by atoms with van der Waals surface area (Å²) in [6, 6.07) is -2.79. The zero-order chi connectivity index (χ0) is 20.5. The monoisotopic (exact) mass is 394 g/mol. The number of hydrogen-bond acceptors (Lipinski definition) is 6. The summed E-state index contributed by atoms with van der Waals surface area (Å²) in [6.45, 7) is 0.436. The lowest BCUT2D eigenvalue weighted by atomic mass is 10.1. The number of aromatic nitrogens is 2. The van der Waals surface area contributed by atoms with Crippen molar-refractivity contribution in [2.75, 3.05) is 6.54 Å². The van der Waals surface area contributed by atoms with Crippen molar-refractivity contribution >= 4 is 23.7 Å². The largest absolute Gasteiger partial charge is 0.480 e. The predicted octanol–water partition coefficient (Wildman–Crippen LogP) is -1.59. The van der Waals surface area contributed by atoms with Crippen LogP contribution in [0.15, 0.2) is 12.5 Å². The van der Waals surface area contributed by atoms with Gasteiger partial charge in [0.25, 0.3) is 0 Å². The highest BCUT2D eigenvalue weighted by Gasteiger charge is 2.32. The fourth-order valence-electron chi connectivity index (χ4n) is 2.93. The van der Waals surface area contributed by atoms with Crippen LogP contribution < -0.4 is 21.7 Å². The molecule has 0 aliphatic carbocycles. The van der Waals surface area contributed by atoms with Crippen LogP contribution in [-0.4, -0.2) is 63.4 Å². The Balaban J connectivity index is 2.03. The highest BCUT2D eigenvalue weighted by molar-refractivity contribution is 5.94. The maximum Gasteiger partial charge on any atom is 0.326 e. The first-order valence-electron chi connectivity index (χ1n) is 9.21. The number of hydrogen-bond donors (Lipinski definition) is 6. The number of nitrogens with one attached hydrogen (secondary N) is 4. The van der Waals surface area contributed by atoms with Gasteiger partial charge < -0.3 is 31.8 Å². The Labute approximate surface area is 161 Å². The molecular formula is C17H26N6O5. The number of aliphatic carboxylic acids is 1. The van der Waals surface area contributed by atoms with E-state index in [0.717, 1.165) is 0 Å². The Kier molecular flexibility index (Phi) is 7.93. The summed E-state index contributed by atoms with van der Waals surface area (Å²) in [4.78, 5) is 54.6. The maximum atomic E-state index is 12.7. The summed E-state index contributed by atoms with van der Waals surface area (Å²) in [5.74, 6) is -2.48. The lowest BCUT2D eigenvalue weighted by molar-refractivity contribution is -0.142. The number of imidazole rings is 1. The average molecular weight is 394 g/mol. The number of nitrogens with zero attached hydrogens (tertiary/aromatic N) is 1. The van der Waals surface area contributed by atoms with Crippen LogP contribution in [0.1, 0.15) is 37.8 Å². The molecule has 1 aliphatic heterocycles. The first-order valence-corrected chi connectivity index (χ1v) is 9.21. The minimum atomic E-state index is -1.15. The van der Waals surface area contributed by atoms with Crippen LogP contribution in [0.25, 0.3) is 0 Å². The Morgan fingerprint density at radius 2 is 2.07 bits per heavy atom. The molecule has 11 heteroatoms. The van der Waals surface area contributed by atoms with Gasteiger partial charge in [-0.05, 0) is 32.2 Å². The summed E-state index contributed by atoms with van der Waals surface area (Å²) in [5.41, 5.74) is 6.02. The predicted molar refractivity (Wildman–Crippen MR) is 97.9 cm³/mol. The Morgan fingerprint density at radius 3 is 2.64 bits per heavy atom. The molecule has 2 heterocycles. The van der Waals surface area contributed by atoms with Crippen LogP contribution >= 0.6 is 0 Å². The minimum Gasteiger partial charge on any atom is -0.480 e. The van der Waals surface area contributed by atoms with E-state index in [1.165, 1.54) is 12.5 Å². The second-order valence-corrected chi connectivity index (χ2v) is 6.68. The van der Waals surface area contributed by atoms with Crippen LogP contribution in [-0.2, 0) is 25.6 Å². The maximum absolute atomic E-state index is 12.7. The van der Waals surface area contributed by atoms with Gasteiger partial charge in [0, 0.05) is 24.7 Å². The van der Waals surface area contributed by atoms with E-state index in [4.69, 9.17) is 5.73 Å². The van der Waals surface area contributed by atoms with E-state index in [-0.39, 0.29) is 25.2 Å². The molecule has 3 atom stereocenters. The first-order chi connectivity index (χ1) is 13.4. The molecule has 3 amide bonds. The van der Waals surface area contributed by atoms with Crippen LogP contribution in [0.2, 0.25) is 0 Å². The standard InChI is InChI=1S/C17H26N6O5/c18-6-2-1-3-12(17(27)28)22-16(26)13(7-10-8-19-9-20-10)23-15(25)11-4-5-14(24)21-11/h8-9,11-13H,1-7,18H2,(H,19,20)(H,21,24)(H,22,26)(H,23,25)(H,27,28). The topological polar surface area (TPSA) is 179 Å². The third-order valence-electron chi connectivity index (χ3n) is 4.49. The summed E-state index contributed by atoms with van der Waals surface area (Å²) in [6.07, 6.45) is 5.09. The van der Waals surface area contributed by atoms with Crippen molar-refractivity contribution in [3.8, 4) is 0 Å². The molecule has 11 nitrogen and oxygen atoms in total. The lowest BCUT2D eigenvalue weighted by Crippen LogP contribution is -2.55. The first kappa shape index (κ1) is 21.4. The molecule has 0 radical (unpaired) electrons. The number of carbonyl (C=O) groups is 4.